The Morgan fingerprint density at radius 2 is 1.80 bits per heavy atom. The molecule has 0 aliphatic carbocycles. The van der Waals surface area contributed by atoms with Gasteiger partial charge in [-0.3, -0.25) is 4.99 Å². The summed E-state index contributed by atoms with van der Waals surface area (Å²) in [5.41, 5.74) is 2.64. The average molecular weight is 339 g/mol. The molecule has 0 aliphatic heterocycles. The van der Waals surface area contributed by atoms with Gasteiger partial charge in [0.1, 0.15) is 5.75 Å². The molecule has 0 aromatic heterocycles. The molecule has 2 rings (SSSR count). The van der Waals surface area contributed by atoms with Crippen LogP contribution in [0.1, 0.15) is 17.5 Å². The number of nitrogens with zero attached hydrogens (tertiary/aromatic N) is 1. The van der Waals surface area contributed by atoms with E-state index < -0.39 is 5.97 Å². The number of aliphatic hydroxyl groups is 1. The highest BCUT2D eigenvalue weighted by atomic mass is 16.5. The van der Waals surface area contributed by atoms with Crippen LogP contribution in [0.5, 0.6) is 5.75 Å². The minimum atomic E-state index is -0.422. The number of aliphatic hydroxyl groups excluding tert-OH is 1. The molecule has 1 N–H and O–H groups in total. The van der Waals surface area contributed by atoms with Gasteiger partial charge in [0, 0.05) is 18.7 Å². The Kier molecular flexibility index (Phi) is 7.41. The van der Waals surface area contributed by atoms with Crippen molar-refractivity contribution >= 4 is 17.9 Å². The Bertz CT molecular complexity index is 705. The zero-order chi connectivity index (χ0) is 17.9. The van der Waals surface area contributed by atoms with E-state index in [1.807, 2.05) is 48.5 Å². The maximum Gasteiger partial charge on any atom is 0.330 e. The van der Waals surface area contributed by atoms with Crippen LogP contribution in [0, 0.1) is 0 Å². The summed E-state index contributed by atoms with van der Waals surface area (Å²) in [5, 5.41) is 9.01. The van der Waals surface area contributed by atoms with Crippen LogP contribution in [0.3, 0.4) is 0 Å². The largest absolute Gasteiger partial charge is 0.493 e. The van der Waals surface area contributed by atoms with Gasteiger partial charge in [0.2, 0.25) is 0 Å². The van der Waals surface area contributed by atoms with Crippen LogP contribution in [0.4, 0.5) is 5.69 Å². The van der Waals surface area contributed by atoms with Gasteiger partial charge in [0.15, 0.2) is 0 Å². The molecule has 0 atom stereocenters. The molecule has 0 saturated carbocycles. The smallest absolute Gasteiger partial charge is 0.330 e. The summed E-state index contributed by atoms with van der Waals surface area (Å²) in [7, 11) is 0. The van der Waals surface area contributed by atoms with Gasteiger partial charge in [0.25, 0.3) is 0 Å². The van der Waals surface area contributed by atoms with Crippen LogP contribution < -0.4 is 4.74 Å². The standard InChI is InChI=1S/C20H21NO4/c1-2-20(23)25-13-3-12-24-19-10-6-16(7-11-19)14-21-18-8-4-17(15-22)5-9-18/h2,4-11,14,22H,1,3,12-13,15H2. The first kappa shape index (κ1) is 18.4. The van der Waals surface area contributed by atoms with E-state index >= 15 is 0 Å². The second kappa shape index (κ2) is 10.1. The van der Waals surface area contributed by atoms with Gasteiger partial charge in [-0.2, -0.15) is 0 Å². The Labute approximate surface area is 147 Å². The van der Waals surface area contributed by atoms with Crippen molar-refractivity contribution in [3.8, 4) is 5.75 Å². The number of hydrogen-bond donors (Lipinski definition) is 1. The maximum absolute atomic E-state index is 10.9. The van der Waals surface area contributed by atoms with Crippen molar-refractivity contribution in [1.29, 1.82) is 0 Å². The Morgan fingerprint density at radius 3 is 2.44 bits per heavy atom. The number of benzene rings is 2. The highest BCUT2D eigenvalue weighted by Gasteiger charge is 1.97. The van der Waals surface area contributed by atoms with Crippen LogP contribution in [-0.2, 0) is 16.1 Å². The van der Waals surface area contributed by atoms with Crippen molar-refractivity contribution < 1.29 is 19.4 Å². The number of hydrogen-bond acceptors (Lipinski definition) is 5. The van der Waals surface area contributed by atoms with Gasteiger partial charge in [-0.15, -0.1) is 0 Å². The maximum atomic E-state index is 10.9. The first-order chi connectivity index (χ1) is 12.2. The summed E-state index contributed by atoms with van der Waals surface area (Å²) in [5.74, 6) is 0.328. The normalized spacial score (nSPS) is 10.6. The Morgan fingerprint density at radius 1 is 1.08 bits per heavy atom. The quantitative estimate of drug-likeness (QED) is 0.329. The molecule has 5 nitrogen and oxygen atoms in total. The number of rotatable bonds is 9. The predicted octanol–water partition coefficient (Wildman–Crippen LogP) is 3.43. The van der Waals surface area contributed by atoms with Crippen molar-refractivity contribution in [2.75, 3.05) is 13.2 Å². The molecule has 0 aliphatic rings. The molecule has 2 aromatic rings. The van der Waals surface area contributed by atoms with Crippen molar-refractivity contribution in [2.24, 2.45) is 4.99 Å². The minimum Gasteiger partial charge on any atom is -0.493 e. The summed E-state index contributed by atoms with van der Waals surface area (Å²) < 4.78 is 10.4. The Hall–Kier alpha value is -2.92. The summed E-state index contributed by atoms with van der Waals surface area (Å²) >= 11 is 0. The first-order valence-electron chi connectivity index (χ1n) is 7.97. The SMILES string of the molecule is C=CC(=O)OCCCOc1ccc(C=Nc2ccc(CO)cc2)cc1. The topological polar surface area (TPSA) is 68.1 Å². The van der Waals surface area contributed by atoms with Crippen molar-refractivity contribution in [3.63, 3.8) is 0 Å². The number of carbonyl (C=O) groups is 1. The highest BCUT2D eigenvalue weighted by Crippen LogP contribution is 2.15. The van der Waals surface area contributed by atoms with Gasteiger partial charge < -0.3 is 14.6 Å². The number of ether oxygens (including phenoxy) is 2. The van der Waals surface area contributed by atoms with E-state index in [0.717, 1.165) is 28.6 Å². The van der Waals surface area contributed by atoms with E-state index in [4.69, 9.17) is 14.6 Å². The lowest BCUT2D eigenvalue weighted by molar-refractivity contribution is -0.137. The molecule has 25 heavy (non-hydrogen) atoms. The fourth-order valence-electron chi connectivity index (χ4n) is 1.97. The number of esters is 1. The molecule has 2 aromatic carbocycles. The molecule has 130 valence electrons. The third-order valence-corrected chi connectivity index (χ3v) is 3.33. The molecule has 0 bridgehead atoms. The lowest BCUT2D eigenvalue weighted by Crippen LogP contribution is -2.06. The zero-order valence-electron chi connectivity index (χ0n) is 13.9. The molecular formula is C20H21NO4. The number of carbonyl (C=O) groups excluding carboxylic acids is 1. The van der Waals surface area contributed by atoms with Crippen LogP contribution in [0.2, 0.25) is 0 Å². The van der Waals surface area contributed by atoms with Crippen LogP contribution in [-0.4, -0.2) is 30.5 Å². The van der Waals surface area contributed by atoms with Crippen LogP contribution in [0.15, 0.2) is 66.2 Å². The third kappa shape index (κ3) is 6.61. The van der Waals surface area contributed by atoms with Gasteiger partial charge in [-0.05, 0) is 47.5 Å². The number of aliphatic imine (C=N–C) groups is 1. The molecule has 0 unspecified atom stereocenters. The molecule has 0 radical (unpaired) electrons. The van der Waals surface area contributed by atoms with Crippen molar-refractivity contribution in [3.05, 3.63) is 72.3 Å². The van der Waals surface area contributed by atoms with E-state index in [2.05, 4.69) is 11.6 Å². The third-order valence-electron chi connectivity index (χ3n) is 3.33. The van der Waals surface area contributed by atoms with Gasteiger partial charge in [-0.1, -0.05) is 18.7 Å². The molecular weight excluding hydrogens is 318 g/mol. The van der Waals surface area contributed by atoms with Gasteiger partial charge in [0.05, 0.1) is 25.5 Å². The summed E-state index contributed by atoms with van der Waals surface area (Å²) in [6, 6.07) is 15.0. The summed E-state index contributed by atoms with van der Waals surface area (Å²) in [4.78, 5) is 15.3. The molecule has 0 saturated heterocycles. The molecule has 0 amide bonds. The van der Waals surface area contributed by atoms with Crippen molar-refractivity contribution in [1.82, 2.24) is 0 Å². The monoisotopic (exact) mass is 339 g/mol. The average Bonchev–Trinajstić information content (AvgIpc) is 2.67. The summed E-state index contributed by atoms with van der Waals surface area (Å²) in [6.07, 6.45) is 3.53. The fourth-order valence-corrected chi connectivity index (χ4v) is 1.97. The van der Waals surface area contributed by atoms with Crippen molar-refractivity contribution in [2.45, 2.75) is 13.0 Å². The lowest BCUT2D eigenvalue weighted by Gasteiger charge is -2.06. The molecule has 5 heteroatoms. The van der Waals surface area contributed by atoms with Crippen LogP contribution >= 0.6 is 0 Å². The van der Waals surface area contributed by atoms with Gasteiger partial charge in [-0.25, -0.2) is 4.79 Å². The van der Waals surface area contributed by atoms with E-state index in [-0.39, 0.29) is 6.61 Å². The molecule has 0 fully saturated rings. The van der Waals surface area contributed by atoms with Crippen LogP contribution in [0.25, 0.3) is 0 Å². The van der Waals surface area contributed by atoms with E-state index in [1.165, 1.54) is 0 Å². The van der Waals surface area contributed by atoms with E-state index in [1.54, 1.807) is 6.21 Å². The first-order valence-corrected chi connectivity index (χ1v) is 7.97. The van der Waals surface area contributed by atoms with E-state index in [9.17, 15) is 4.79 Å². The van der Waals surface area contributed by atoms with Gasteiger partial charge >= 0.3 is 5.97 Å². The minimum absolute atomic E-state index is 0.0299. The summed E-state index contributed by atoms with van der Waals surface area (Å²) in [6.45, 7) is 4.14. The highest BCUT2D eigenvalue weighted by molar-refractivity contribution is 5.82. The lowest BCUT2D eigenvalue weighted by atomic mass is 10.2. The second-order valence-electron chi connectivity index (χ2n) is 5.23. The predicted molar refractivity (Wildman–Crippen MR) is 97.3 cm³/mol. The molecule has 0 spiro atoms. The molecule has 0 heterocycles. The van der Waals surface area contributed by atoms with E-state index in [0.29, 0.717) is 19.6 Å². The second-order valence-corrected chi connectivity index (χ2v) is 5.23. The Balaban J connectivity index is 1.77. The fraction of sp³-hybridized carbons (Fsp3) is 0.200. The zero-order valence-corrected chi connectivity index (χ0v) is 13.9.